The molecule has 1 heterocycles. The molecule has 1 fully saturated rings. The number of amides is 1. The molecule has 1 aliphatic carbocycles. The molecule has 0 spiro atoms. The maximum atomic E-state index is 11.9. The molecule has 0 aliphatic heterocycles. The van der Waals surface area contributed by atoms with Crippen molar-refractivity contribution in [3.05, 3.63) is 28.1 Å². The Hall–Kier alpha value is -1.37. The van der Waals surface area contributed by atoms with Gasteiger partial charge in [0.2, 0.25) is 0 Å². The van der Waals surface area contributed by atoms with Gasteiger partial charge in [0.1, 0.15) is 5.69 Å². The van der Waals surface area contributed by atoms with E-state index in [1.165, 1.54) is 25.1 Å². The molecule has 1 saturated carbocycles. The Morgan fingerprint density at radius 2 is 2.21 bits per heavy atom. The molecule has 2 rings (SSSR count). The van der Waals surface area contributed by atoms with Crippen molar-refractivity contribution in [1.82, 2.24) is 10.3 Å². The third-order valence-corrected chi connectivity index (χ3v) is 4.88. The largest absolute Gasteiger partial charge is 0.351 e. The molecule has 0 bridgehead atoms. The van der Waals surface area contributed by atoms with E-state index in [-0.39, 0.29) is 22.7 Å². The number of alkyl halides is 1. The first kappa shape index (κ1) is 14.0. The van der Waals surface area contributed by atoms with E-state index in [4.69, 9.17) is 0 Å². The highest BCUT2D eigenvalue weighted by Crippen LogP contribution is 2.38. The van der Waals surface area contributed by atoms with Crippen LogP contribution in [-0.4, -0.2) is 27.7 Å². The van der Waals surface area contributed by atoms with Gasteiger partial charge in [-0.1, -0.05) is 28.8 Å². The summed E-state index contributed by atoms with van der Waals surface area (Å²) < 4.78 is 0. The summed E-state index contributed by atoms with van der Waals surface area (Å²) in [6, 6.07) is 1.25. The number of carbonyl (C=O) groups is 1. The van der Waals surface area contributed by atoms with Gasteiger partial charge in [-0.25, -0.2) is 0 Å². The molecule has 0 aromatic carbocycles. The van der Waals surface area contributed by atoms with Gasteiger partial charge in [0.25, 0.3) is 11.6 Å². The second kappa shape index (κ2) is 5.73. The van der Waals surface area contributed by atoms with Crippen LogP contribution in [0.4, 0.5) is 5.69 Å². The SMILES string of the molecule is O=C(NCC1(CBr)CCCC1)c1cc([N+](=O)[O-])c[nH]1. The fourth-order valence-electron chi connectivity index (χ4n) is 2.47. The molecule has 0 saturated heterocycles. The highest BCUT2D eigenvalue weighted by atomic mass is 79.9. The summed E-state index contributed by atoms with van der Waals surface area (Å²) in [6.07, 6.45) is 5.81. The number of nitrogens with zero attached hydrogens (tertiary/aromatic N) is 1. The fourth-order valence-corrected chi connectivity index (χ4v) is 3.22. The number of hydrogen-bond acceptors (Lipinski definition) is 3. The molecular formula is C12H16BrN3O3. The van der Waals surface area contributed by atoms with Gasteiger partial charge in [0, 0.05) is 17.9 Å². The second-order valence-electron chi connectivity index (χ2n) is 5.05. The van der Waals surface area contributed by atoms with Crippen molar-refractivity contribution < 1.29 is 9.72 Å². The molecule has 6 nitrogen and oxygen atoms in total. The first-order valence-corrected chi connectivity index (χ1v) is 7.35. The lowest BCUT2D eigenvalue weighted by Gasteiger charge is -2.26. The van der Waals surface area contributed by atoms with Gasteiger partial charge >= 0.3 is 0 Å². The van der Waals surface area contributed by atoms with Crippen LogP contribution in [-0.2, 0) is 0 Å². The van der Waals surface area contributed by atoms with Crippen LogP contribution >= 0.6 is 15.9 Å². The Balaban J connectivity index is 1.95. The van der Waals surface area contributed by atoms with Crippen molar-refractivity contribution in [2.75, 3.05) is 11.9 Å². The molecule has 0 radical (unpaired) electrons. The zero-order valence-electron chi connectivity index (χ0n) is 10.4. The zero-order valence-corrected chi connectivity index (χ0v) is 12.0. The number of H-pyrrole nitrogens is 1. The van der Waals surface area contributed by atoms with E-state index in [0.717, 1.165) is 18.2 Å². The summed E-state index contributed by atoms with van der Waals surface area (Å²) in [4.78, 5) is 24.6. The molecule has 1 aromatic heterocycles. The molecule has 0 unspecified atom stereocenters. The molecular weight excluding hydrogens is 314 g/mol. The number of nitrogens with one attached hydrogen (secondary N) is 2. The summed E-state index contributed by atoms with van der Waals surface area (Å²) >= 11 is 3.51. The Morgan fingerprint density at radius 1 is 1.53 bits per heavy atom. The number of halogens is 1. The lowest BCUT2D eigenvalue weighted by Crippen LogP contribution is -2.37. The topological polar surface area (TPSA) is 88.0 Å². The third-order valence-electron chi connectivity index (χ3n) is 3.69. The van der Waals surface area contributed by atoms with E-state index in [9.17, 15) is 14.9 Å². The lowest BCUT2D eigenvalue weighted by atomic mass is 9.89. The standard InChI is InChI=1S/C12H16BrN3O3/c13-7-12(3-1-2-4-12)8-15-11(17)10-5-9(6-14-10)16(18)19/h5-6,14H,1-4,7-8H2,(H,15,17). The predicted octanol–water partition coefficient (Wildman–Crippen LogP) is 2.61. The third kappa shape index (κ3) is 3.15. The minimum atomic E-state index is -0.524. The van der Waals surface area contributed by atoms with Crippen LogP contribution in [0.15, 0.2) is 12.3 Å². The Kier molecular flexibility index (Phi) is 4.24. The molecule has 1 aliphatic rings. The molecule has 7 heteroatoms. The number of aromatic nitrogens is 1. The van der Waals surface area contributed by atoms with Gasteiger partial charge in [-0.2, -0.15) is 0 Å². The van der Waals surface area contributed by atoms with Crippen molar-refractivity contribution >= 4 is 27.5 Å². The quantitative estimate of drug-likeness (QED) is 0.494. The smallest absolute Gasteiger partial charge is 0.287 e. The van der Waals surface area contributed by atoms with Crippen molar-refractivity contribution in [2.24, 2.45) is 5.41 Å². The maximum absolute atomic E-state index is 11.9. The van der Waals surface area contributed by atoms with Gasteiger partial charge in [0.15, 0.2) is 0 Å². The first-order valence-electron chi connectivity index (χ1n) is 6.23. The number of carbonyl (C=O) groups excluding carboxylic acids is 1. The Labute approximate surface area is 119 Å². The van der Waals surface area contributed by atoms with Gasteiger partial charge in [-0.15, -0.1) is 0 Å². The van der Waals surface area contributed by atoms with Crippen LogP contribution in [0.25, 0.3) is 0 Å². The summed E-state index contributed by atoms with van der Waals surface area (Å²) in [5, 5.41) is 14.3. The highest BCUT2D eigenvalue weighted by Gasteiger charge is 2.33. The van der Waals surface area contributed by atoms with Crippen molar-refractivity contribution in [3.8, 4) is 0 Å². The second-order valence-corrected chi connectivity index (χ2v) is 5.61. The Morgan fingerprint density at radius 3 is 2.74 bits per heavy atom. The number of aromatic amines is 1. The van der Waals surface area contributed by atoms with Crippen LogP contribution in [0, 0.1) is 15.5 Å². The average Bonchev–Trinajstić information content (AvgIpc) is 3.06. The van der Waals surface area contributed by atoms with Crippen LogP contribution < -0.4 is 5.32 Å². The normalized spacial score (nSPS) is 17.3. The fraction of sp³-hybridized carbons (Fsp3) is 0.583. The monoisotopic (exact) mass is 329 g/mol. The van der Waals surface area contributed by atoms with Gasteiger partial charge in [-0.3, -0.25) is 14.9 Å². The average molecular weight is 330 g/mol. The van der Waals surface area contributed by atoms with Crippen molar-refractivity contribution in [3.63, 3.8) is 0 Å². The van der Waals surface area contributed by atoms with Crippen LogP contribution in [0.2, 0.25) is 0 Å². The van der Waals surface area contributed by atoms with E-state index in [2.05, 4.69) is 26.2 Å². The number of nitro groups is 1. The Bertz CT molecular complexity index is 480. The van der Waals surface area contributed by atoms with E-state index in [0.29, 0.717) is 6.54 Å². The minimum absolute atomic E-state index is 0.0961. The molecule has 1 aromatic rings. The number of hydrogen-bond donors (Lipinski definition) is 2. The lowest BCUT2D eigenvalue weighted by molar-refractivity contribution is -0.384. The minimum Gasteiger partial charge on any atom is -0.351 e. The molecule has 19 heavy (non-hydrogen) atoms. The summed E-state index contributed by atoms with van der Waals surface area (Å²) in [6.45, 7) is 0.601. The molecule has 0 atom stereocenters. The van der Waals surface area contributed by atoms with E-state index in [1.807, 2.05) is 0 Å². The van der Waals surface area contributed by atoms with Gasteiger partial charge in [0.05, 0.1) is 11.1 Å². The summed E-state index contributed by atoms with van der Waals surface area (Å²) in [5.41, 5.74) is 0.268. The van der Waals surface area contributed by atoms with Crippen LogP contribution in [0.5, 0.6) is 0 Å². The summed E-state index contributed by atoms with van der Waals surface area (Å²) in [7, 11) is 0. The number of rotatable bonds is 5. The summed E-state index contributed by atoms with van der Waals surface area (Å²) in [5.74, 6) is -0.291. The van der Waals surface area contributed by atoms with Crippen molar-refractivity contribution in [1.29, 1.82) is 0 Å². The molecule has 2 N–H and O–H groups in total. The van der Waals surface area contributed by atoms with Gasteiger partial charge < -0.3 is 10.3 Å². The zero-order chi connectivity index (χ0) is 13.9. The van der Waals surface area contributed by atoms with Crippen LogP contribution in [0.3, 0.4) is 0 Å². The van der Waals surface area contributed by atoms with E-state index < -0.39 is 4.92 Å². The maximum Gasteiger partial charge on any atom is 0.287 e. The molecule has 104 valence electrons. The van der Waals surface area contributed by atoms with E-state index >= 15 is 0 Å². The van der Waals surface area contributed by atoms with Crippen molar-refractivity contribution in [2.45, 2.75) is 25.7 Å². The highest BCUT2D eigenvalue weighted by molar-refractivity contribution is 9.09. The predicted molar refractivity (Wildman–Crippen MR) is 74.5 cm³/mol. The first-order chi connectivity index (χ1) is 9.06. The molecule has 1 amide bonds. The van der Waals surface area contributed by atoms with Crippen LogP contribution in [0.1, 0.15) is 36.2 Å². The van der Waals surface area contributed by atoms with E-state index in [1.54, 1.807) is 0 Å². The van der Waals surface area contributed by atoms with Gasteiger partial charge in [-0.05, 0) is 18.3 Å².